The van der Waals surface area contributed by atoms with E-state index in [0.29, 0.717) is 11.1 Å². The zero-order chi connectivity index (χ0) is 14.7. The first-order valence-corrected chi connectivity index (χ1v) is 6.66. The fourth-order valence-corrected chi connectivity index (χ4v) is 1.98. The van der Waals surface area contributed by atoms with Gasteiger partial charge in [0.05, 0.1) is 0 Å². The Morgan fingerprint density at radius 2 is 1.95 bits per heavy atom. The summed E-state index contributed by atoms with van der Waals surface area (Å²) in [7, 11) is 0. The molecule has 0 fully saturated rings. The van der Waals surface area contributed by atoms with Crippen LogP contribution in [-0.2, 0) is 6.61 Å². The van der Waals surface area contributed by atoms with Crippen LogP contribution >= 0.6 is 12.2 Å². The summed E-state index contributed by atoms with van der Waals surface area (Å²) in [6.07, 6.45) is 0. The molecule has 4 heteroatoms. The number of ether oxygens (including phenoxy) is 1. The zero-order valence-corrected chi connectivity index (χ0v) is 12.3. The first-order chi connectivity index (χ1) is 9.47. The molecular weight excluding hydrogens is 273 g/mol. The number of thiocarbonyl (C=S) groups is 1. The molecule has 0 saturated carbocycles. The van der Waals surface area contributed by atoms with Gasteiger partial charge in [-0.15, -0.1) is 0 Å². The molecule has 20 heavy (non-hydrogen) atoms. The summed E-state index contributed by atoms with van der Waals surface area (Å²) in [5, 5.41) is 0. The van der Waals surface area contributed by atoms with Gasteiger partial charge in [0.1, 0.15) is 23.2 Å². The van der Waals surface area contributed by atoms with Crippen LogP contribution in [0.3, 0.4) is 0 Å². The molecule has 0 saturated heterocycles. The largest absolute Gasteiger partial charge is 0.489 e. The first kappa shape index (κ1) is 14.5. The highest BCUT2D eigenvalue weighted by atomic mass is 32.1. The predicted molar refractivity (Wildman–Crippen MR) is 82.5 cm³/mol. The van der Waals surface area contributed by atoms with Gasteiger partial charge in [0, 0.05) is 11.1 Å². The Hall–Kier alpha value is -1.94. The average molecular weight is 289 g/mol. The Balaban J connectivity index is 2.20. The third-order valence-electron chi connectivity index (χ3n) is 3.06. The number of aryl methyl sites for hydroxylation is 2. The molecule has 2 N–H and O–H groups in total. The van der Waals surface area contributed by atoms with Crippen LogP contribution in [-0.4, -0.2) is 4.99 Å². The van der Waals surface area contributed by atoms with Crippen molar-refractivity contribution < 1.29 is 9.13 Å². The third kappa shape index (κ3) is 3.33. The van der Waals surface area contributed by atoms with E-state index in [-0.39, 0.29) is 17.4 Å². The summed E-state index contributed by atoms with van der Waals surface area (Å²) >= 11 is 4.89. The van der Waals surface area contributed by atoms with Crippen LogP contribution < -0.4 is 10.5 Å². The Labute approximate surface area is 123 Å². The molecule has 0 bridgehead atoms. The van der Waals surface area contributed by atoms with Gasteiger partial charge >= 0.3 is 0 Å². The van der Waals surface area contributed by atoms with E-state index in [2.05, 4.69) is 0 Å². The van der Waals surface area contributed by atoms with Gasteiger partial charge in [-0.25, -0.2) is 4.39 Å². The summed E-state index contributed by atoms with van der Waals surface area (Å²) in [6, 6.07) is 10.5. The SMILES string of the molecule is Cc1ccc(C)c(OCc2cc(C(N)=S)ccc2F)c1. The molecule has 0 amide bonds. The van der Waals surface area contributed by atoms with Crippen molar-refractivity contribution in [1.29, 1.82) is 0 Å². The Morgan fingerprint density at radius 3 is 2.65 bits per heavy atom. The van der Waals surface area contributed by atoms with Gasteiger partial charge in [0.15, 0.2) is 0 Å². The number of rotatable bonds is 4. The lowest BCUT2D eigenvalue weighted by Crippen LogP contribution is -2.11. The van der Waals surface area contributed by atoms with Crippen LogP contribution in [0.2, 0.25) is 0 Å². The number of hydrogen-bond donors (Lipinski definition) is 1. The van der Waals surface area contributed by atoms with Crippen molar-refractivity contribution in [2.24, 2.45) is 5.73 Å². The monoisotopic (exact) mass is 289 g/mol. The fraction of sp³-hybridized carbons (Fsp3) is 0.188. The van der Waals surface area contributed by atoms with Crippen molar-refractivity contribution in [3.63, 3.8) is 0 Å². The highest BCUT2D eigenvalue weighted by Crippen LogP contribution is 2.21. The Bertz CT molecular complexity index is 655. The van der Waals surface area contributed by atoms with E-state index in [1.165, 1.54) is 6.07 Å². The molecule has 0 aliphatic carbocycles. The van der Waals surface area contributed by atoms with E-state index in [4.69, 9.17) is 22.7 Å². The molecule has 104 valence electrons. The second-order valence-corrected chi connectivity index (χ2v) is 5.17. The highest BCUT2D eigenvalue weighted by Gasteiger charge is 2.07. The molecule has 0 unspecified atom stereocenters. The Kier molecular flexibility index (Phi) is 4.35. The quantitative estimate of drug-likeness (QED) is 0.873. The van der Waals surface area contributed by atoms with Crippen molar-refractivity contribution in [2.75, 3.05) is 0 Å². The zero-order valence-electron chi connectivity index (χ0n) is 11.4. The van der Waals surface area contributed by atoms with E-state index in [1.807, 2.05) is 32.0 Å². The summed E-state index contributed by atoms with van der Waals surface area (Å²) in [6.45, 7) is 4.09. The van der Waals surface area contributed by atoms with Crippen molar-refractivity contribution in [3.8, 4) is 5.75 Å². The normalized spacial score (nSPS) is 10.3. The Morgan fingerprint density at radius 1 is 1.20 bits per heavy atom. The molecule has 0 atom stereocenters. The minimum absolute atomic E-state index is 0.145. The maximum atomic E-state index is 13.8. The second-order valence-electron chi connectivity index (χ2n) is 4.73. The van der Waals surface area contributed by atoms with Crippen molar-refractivity contribution >= 4 is 17.2 Å². The molecule has 0 heterocycles. The standard InChI is InChI=1S/C16H16FNOS/c1-10-3-4-11(2)15(7-10)19-9-13-8-12(16(18)20)5-6-14(13)17/h3-8H,9H2,1-2H3,(H2,18,20). The van der Waals surface area contributed by atoms with Crippen molar-refractivity contribution in [2.45, 2.75) is 20.5 Å². The van der Waals surface area contributed by atoms with Crippen molar-refractivity contribution in [3.05, 3.63) is 64.5 Å². The predicted octanol–water partition coefficient (Wildman–Crippen LogP) is 3.66. The molecule has 2 aromatic rings. The van der Waals surface area contributed by atoms with Gasteiger partial charge in [0.2, 0.25) is 0 Å². The second kappa shape index (κ2) is 6.01. The number of halogens is 1. The highest BCUT2D eigenvalue weighted by molar-refractivity contribution is 7.80. The molecular formula is C16H16FNOS. The minimum atomic E-state index is -0.324. The smallest absolute Gasteiger partial charge is 0.129 e. The van der Waals surface area contributed by atoms with Crippen LogP contribution in [0.15, 0.2) is 36.4 Å². The summed E-state index contributed by atoms with van der Waals surface area (Å²) in [4.78, 5) is 0.248. The molecule has 2 rings (SSSR count). The van der Waals surface area contributed by atoms with E-state index >= 15 is 0 Å². The fourth-order valence-electron chi connectivity index (χ4n) is 1.86. The number of benzene rings is 2. The van der Waals surface area contributed by atoms with Gasteiger partial charge < -0.3 is 10.5 Å². The topological polar surface area (TPSA) is 35.2 Å². The van der Waals surface area contributed by atoms with Crippen LogP contribution in [0.1, 0.15) is 22.3 Å². The van der Waals surface area contributed by atoms with E-state index < -0.39 is 0 Å². The minimum Gasteiger partial charge on any atom is -0.489 e. The molecule has 2 aromatic carbocycles. The van der Waals surface area contributed by atoms with Gasteiger partial charge in [-0.3, -0.25) is 0 Å². The van der Waals surface area contributed by atoms with Gasteiger partial charge in [-0.05, 0) is 49.2 Å². The van der Waals surface area contributed by atoms with E-state index in [0.717, 1.165) is 16.9 Å². The van der Waals surface area contributed by atoms with Crippen LogP contribution in [0.4, 0.5) is 4.39 Å². The average Bonchev–Trinajstić information content (AvgIpc) is 2.41. The van der Waals surface area contributed by atoms with E-state index in [1.54, 1.807) is 12.1 Å². The van der Waals surface area contributed by atoms with Crippen LogP contribution in [0, 0.1) is 19.7 Å². The van der Waals surface area contributed by atoms with Gasteiger partial charge in [-0.1, -0.05) is 24.4 Å². The van der Waals surface area contributed by atoms with Crippen molar-refractivity contribution in [1.82, 2.24) is 0 Å². The summed E-state index contributed by atoms with van der Waals surface area (Å²) in [5.74, 6) is 0.431. The molecule has 0 aliphatic rings. The first-order valence-electron chi connectivity index (χ1n) is 6.25. The van der Waals surface area contributed by atoms with Gasteiger partial charge in [0.25, 0.3) is 0 Å². The van der Waals surface area contributed by atoms with E-state index in [9.17, 15) is 4.39 Å². The molecule has 2 nitrogen and oxygen atoms in total. The molecule has 0 aliphatic heterocycles. The molecule has 0 aromatic heterocycles. The van der Waals surface area contributed by atoms with Gasteiger partial charge in [-0.2, -0.15) is 0 Å². The summed E-state index contributed by atoms with van der Waals surface area (Å²) in [5.41, 5.74) is 8.75. The lowest BCUT2D eigenvalue weighted by atomic mass is 10.1. The number of nitrogens with two attached hydrogens (primary N) is 1. The van der Waals surface area contributed by atoms with Crippen LogP contribution in [0.5, 0.6) is 5.75 Å². The summed E-state index contributed by atoms with van der Waals surface area (Å²) < 4.78 is 19.4. The third-order valence-corrected chi connectivity index (χ3v) is 3.29. The van der Waals surface area contributed by atoms with Crippen LogP contribution in [0.25, 0.3) is 0 Å². The lowest BCUT2D eigenvalue weighted by Gasteiger charge is -2.11. The maximum absolute atomic E-state index is 13.8. The molecule has 0 spiro atoms. The maximum Gasteiger partial charge on any atom is 0.129 e. The lowest BCUT2D eigenvalue weighted by molar-refractivity contribution is 0.297. The molecule has 0 radical (unpaired) electrons. The number of hydrogen-bond acceptors (Lipinski definition) is 2.